The monoisotopic (exact) mass is 360 g/mol. The quantitative estimate of drug-likeness (QED) is 0.619. The standard InChI is InChI=1S/C15H19F3N4O3/c1-9(2)22-13(15(16,17)18)10(8-20-22)14(25)19-6-3-7-21-11(23)4-5-12(21)24/h8-9H,3-7H2,1-2H3,(H,19,25). The molecule has 0 atom stereocenters. The number of carbonyl (C=O) groups is 3. The van der Waals surface area contributed by atoms with E-state index in [-0.39, 0.29) is 44.2 Å². The largest absolute Gasteiger partial charge is 0.433 e. The van der Waals surface area contributed by atoms with E-state index in [1.165, 1.54) is 13.8 Å². The number of likely N-dealkylation sites (tertiary alicyclic amines) is 1. The lowest BCUT2D eigenvalue weighted by atomic mass is 10.2. The Labute approximate surface area is 142 Å². The number of rotatable bonds is 6. The van der Waals surface area contributed by atoms with Crippen LogP contribution in [-0.4, -0.2) is 45.5 Å². The molecular weight excluding hydrogens is 341 g/mol. The fourth-order valence-electron chi connectivity index (χ4n) is 2.61. The zero-order chi connectivity index (χ0) is 18.8. The van der Waals surface area contributed by atoms with E-state index < -0.39 is 29.4 Å². The van der Waals surface area contributed by atoms with E-state index in [9.17, 15) is 27.6 Å². The molecule has 0 unspecified atom stereocenters. The molecule has 0 bridgehead atoms. The second kappa shape index (κ2) is 7.24. The molecule has 1 fully saturated rings. The highest BCUT2D eigenvalue weighted by molar-refractivity contribution is 6.01. The van der Waals surface area contributed by atoms with E-state index in [1.807, 2.05) is 0 Å². The molecule has 1 aromatic heterocycles. The lowest BCUT2D eigenvalue weighted by Gasteiger charge is -2.15. The minimum absolute atomic E-state index is 0.0417. The van der Waals surface area contributed by atoms with Gasteiger partial charge < -0.3 is 5.32 Å². The maximum Gasteiger partial charge on any atom is 0.433 e. The van der Waals surface area contributed by atoms with Gasteiger partial charge in [0.2, 0.25) is 11.8 Å². The predicted molar refractivity (Wildman–Crippen MR) is 80.5 cm³/mol. The molecule has 2 rings (SSSR count). The number of halogens is 3. The Morgan fingerprint density at radius 1 is 1.28 bits per heavy atom. The second-order valence-electron chi connectivity index (χ2n) is 5.99. The molecule has 0 aliphatic carbocycles. The molecule has 1 aliphatic rings. The van der Waals surface area contributed by atoms with Gasteiger partial charge in [-0.2, -0.15) is 18.3 Å². The number of nitrogens with zero attached hydrogens (tertiary/aromatic N) is 3. The first-order valence-corrected chi connectivity index (χ1v) is 7.89. The topological polar surface area (TPSA) is 84.3 Å². The van der Waals surface area contributed by atoms with Crippen LogP contribution in [0.5, 0.6) is 0 Å². The number of alkyl halides is 3. The molecule has 0 radical (unpaired) electrons. The van der Waals surface area contributed by atoms with Crippen LogP contribution < -0.4 is 5.32 Å². The average molecular weight is 360 g/mol. The fourth-order valence-corrected chi connectivity index (χ4v) is 2.61. The molecule has 2 heterocycles. The van der Waals surface area contributed by atoms with Crippen LogP contribution in [0.4, 0.5) is 13.2 Å². The van der Waals surface area contributed by atoms with Gasteiger partial charge in [-0.05, 0) is 20.3 Å². The van der Waals surface area contributed by atoms with Crippen molar-refractivity contribution in [3.63, 3.8) is 0 Å². The van der Waals surface area contributed by atoms with Crippen molar-refractivity contribution in [1.29, 1.82) is 0 Å². The van der Waals surface area contributed by atoms with E-state index in [0.717, 1.165) is 15.8 Å². The van der Waals surface area contributed by atoms with Crippen molar-refractivity contribution in [2.75, 3.05) is 13.1 Å². The molecule has 1 aromatic rings. The summed E-state index contributed by atoms with van der Waals surface area (Å²) in [5.41, 5.74) is -1.64. The highest BCUT2D eigenvalue weighted by Crippen LogP contribution is 2.33. The van der Waals surface area contributed by atoms with Gasteiger partial charge in [-0.25, -0.2) is 0 Å². The normalized spacial score (nSPS) is 15.4. The number of hydrogen-bond donors (Lipinski definition) is 1. The van der Waals surface area contributed by atoms with Crippen LogP contribution in [-0.2, 0) is 15.8 Å². The van der Waals surface area contributed by atoms with E-state index in [0.29, 0.717) is 0 Å². The van der Waals surface area contributed by atoms with Gasteiger partial charge in [0.15, 0.2) is 5.69 Å². The van der Waals surface area contributed by atoms with Crippen molar-refractivity contribution in [3.8, 4) is 0 Å². The highest BCUT2D eigenvalue weighted by Gasteiger charge is 2.40. The minimum Gasteiger partial charge on any atom is -0.352 e. The molecule has 25 heavy (non-hydrogen) atoms. The number of carbonyl (C=O) groups excluding carboxylic acids is 3. The molecule has 7 nitrogen and oxygen atoms in total. The summed E-state index contributed by atoms with van der Waals surface area (Å²) < 4.78 is 40.4. The summed E-state index contributed by atoms with van der Waals surface area (Å²) in [6.45, 7) is 3.25. The Kier molecular flexibility index (Phi) is 5.48. The summed E-state index contributed by atoms with van der Waals surface area (Å²) in [7, 11) is 0. The first kappa shape index (κ1) is 18.9. The van der Waals surface area contributed by atoms with E-state index >= 15 is 0 Å². The van der Waals surface area contributed by atoms with Crippen molar-refractivity contribution < 1.29 is 27.6 Å². The van der Waals surface area contributed by atoms with Crippen LogP contribution in [0.15, 0.2) is 6.20 Å². The van der Waals surface area contributed by atoms with Crippen molar-refractivity contribution in [3.05, 3.63) is 17.5 Å². The molecule has 1 aliphatic heterocycles. The van der Waals surface area contributed by atoms with Gasteiger partial charge in [-0.15, -0.1) is 0 Å². The first-order valence-electron chi connectivity index (χ1n) is 7.89. The Balaban J connectivity index is 1.97. The number of amides is 3. The summed E-state index contributed by atoms with van der Waals surface area (Å²) in [5, 5.41) is 6.03. The first-order chi connectivity index (χ1) is 11.6. The molecular formula is C15H19F3N4O3. The fraction of sp³-hybridized carbons (Fsp3) is 0.600. The molecule has 10 heteroatoms. The molecule has 0 spiro atoms. The van der Waals surface area contributed by atoms with Gasteiger partial charge in [0.25, 0.3) is 5.91 Å². The van der Waals surface area contributed by atoms with Gasteiger partial charge in [-0.3, -0.25) is 24.0 Å². The second-order valence-corrected chi connectivity index (χ2v) is 5.99. The van der Waals surface area contributed by atoms with E-state index in [4.69, 9.17) is 0 Å². The van der Waals surface area contributed by atoms with Gasteiger partial charge in [0.05, 0.1) is 11.8 Å². The number of aromatic nitrogens is 2. The summed E-state index contributed by atoms with van der Waals surface area (Å²) in [5.74, 6) is -1.43. The van der Waals surface area contributed by atoms with Crippen LogP contribution in [0.1, 0.15) is 55.2 Å². The minimum atomic E-state index is -4.71. The summed E-state index contributed by atoms with van der Waals surface area (Å²) in [4.78, 5) is 36.0. The summed E-state index contributed by atoms with van der Waals surface area (Å²) >= 11 is 0. The van der Waals surface area contributed by atoms with Gasteiger partial charge in [-0.1, -0.05) is 0 Å². The molecule has 0 saturated carbocycles. The van der Waals surface area contributed by atoms with E-state index in [1.54, 1.807) is 0 Å². The van der Waals surface area contributed by atoms with E-state index in [2.05, 4.69) is 10.4 Å². The Morgan fingerprint density at radius 3 is 2.40 bits per heavy atom. The summed E-state index contributed by atoms with van der Waals surface area (Å²) in [6.07, 6.45) is -3.19. The molecule has 0 aromatic carbocycles. The van der Waals surface area contributed by atoms with Crippen molar-refractivity contribution >= 4 is 17.7 Å². The predicted octanol–water partition coefficient (Wildman–Crippen LogP) is 1.75. The lowest BCUT2D eigenvalue weighted by Crippen LogP contribution is -2.33. The zero-order valence-corrected chi connectivity index (χ0v) is 13.9. The maximum absolute atomic E-state index is 13.2. The van der Waals surface area contributed by atoms with Crippen molar-refractivity contribution in [1.82, 2.24) is 20.0 Å². The van der Waals surface area contributed by atoms with Crippen LogP contribution in [0.2, 0.25) is 0 Å². The third kappa shape index (κ3) is 4.18. The van der Waals surface area contributed by atoms with Crippen LogP contribution in [0.3, 0.4) is 0 Å². The molecule has 1 N–H and O–H groups in total. The average Bonchev–Trinajstić information content (AvgIpc) is 3.09. The highest BCUT2D eigenvalue weighted by atomic mass is 19.4. The van der Waals surface area contributed by atoms with Crippen LogP contribution in [0.25, 0.3) is 0 Å². The maximum atomic E-state index is 13.2. The summed E-state index contributed by atoms with van der Waals surface area (Å²) in [6, 6.07) is -0.551. The Bertz CT molecular complexity index is 666. The third-order valence-electron chi connectivity index (χ3n) is 3.80. The SMILES string of the molecule is CC(C)n1ncc(C(=O)NCCCN2C(=O)CCC2=O)c1C(F)(F)F. The lowest BCUT2D eigenvalue weighted by molar-refractivity contribution is -0.145. The van der Waals surface area contributed by atoms with Gasteiger partial charge in [0.1, 0.15) is 0 Å². The number of imide groups is 1. The zero-order valence-electron chi connectivity index (χ0n) is 13.9. The van der Waals surface area contributed by atoms with Gasteiger partial charge >= 0.3 is 6.18 Å². The Hall–Kier alpha value is -2.39. The number of hydrogen-bond acceptors (Lipinski definition) is 4. The van der Waals surface area contributed by atoms with Crippen LogP contribution in [0, 0.1) is 0 Å². The molecule has 138 valence electrons. The van der Waals surface area contributed by atoms with Crippen LogP contribution >= 0.6 is 0 Å². The third-order valence-corrected chi connectivity index (χ3v) is 3.80. The molecule has 3 amide bonds. The van der Waals surface area contributed by atoms with Crippen molar-refractivity contribution in [2.45, 2.75) is 45.3 Å². The molecule has 1 saturated heterocycles. The number of nitrogens with one attached hydrogen (secondary N) is 1. The smallest absolute Gasteiger partial charge is 0.352 e. The Morgan fingerprint density at radius 2 is 1.88 bits per heavy atom. The van der Waals surface area contributed by atoms with Crippen molar-refractivity contribution in [2.24, 2.45) is 0 Å². The van der Waals surface area contributed by atoms with Gasteiger partial charge in [0, 0.05) is 32.0 Å².